The lowest BCUT2D eigenvalue weighted by atomic mass is 10.0. The minimum Gasteiger partial charge on any atom is -0.457 e. The van der Waals surface area contributed by atoms with Gasteiger partial charge in [0.1, 0.15) is 28.7 Å². The molecule has 3 aromatic carbocycles. The third kappa shape index (κ3) is 4.01. The summed E-state index contributed by atoms with van der Waals surface area (Å²) in [6.07, 6.45) is 0. The Hall–Kier alpha value is -2.96. The molecule has 0 saturated heterocycles. The van der Waals surface area contributed by atoms with Gasteiger partial charge in [-0.25, -0.2) is 4.39 Å². The fourth-order valence-corrected chi connectivity index (χ4v) is 3.75. The summed E-state index contributed by atoms with van der Waals surface area (Å²) in [7, 11) is 0. The van der Waals surface area contributed by atoms with Crippen LogP contribution in [0.3, 0.4) is 0 Å². The predicted molar refractivity (Wildman–Crippen MR) is 121 cm³/mol. The number of aliphatic hydroxyl groups is 1. The lowest BCUT2D eigenvalue weighted by molar-refractivity contribution is 0.308. The Labute approximate surface area is 180 Å². The molecule has 0 spiro atoms. The molecule has 0 unspecified atom stereocenters. The molecule has 0 radical (unpaired) electrons. The fraction of sp³-hybridized carbons (Fsp3) is 0.167. The zero-order valence-corrected chi connectivity index (χ0v) is 17.6. The molecule has 4 nitrogen and oxygen atoms in total. The number of ether oxygens (including phenoxy) is 1. The molecule has 4 aromatic rings. The monoisotopic (exact) mass is 423 g/mol. The minimum absolute atomic E-state index is 0.0236. The Morgan fingerprint density at radius 2 is 1.63 bits per heavy atom. The van der Waals surface area contributed by atoms with Gasteiger partial charge in [0, 0.05) is 22.6 Å². The van der Waals surface area contributed by atoms with E-state index in [9.17, 15) is 9.50 Å². The standard InChI is InChI=1S/C24H22FNO3S/c1-15-13-21-16(2)24(29-23(21)14-22(15)26(30)11-12-27)17-3-7-19(8-4-17)28-20-9-5-18(25)6-10-20/h3-10,13-14,27,30H,11-12H2,1-2H3. The number of aliphatic hydroxyl groups excluding tert-OH is 1. The Balaban J connectivity index is 1.63. The van der Waals surface area contributed by atoms with Gasteiger partial charge in [-0.1, -0.05) is 12.8 Å². The fourth-order valence-electron chi connectivity index (χ4n) is 3.45. The van der Waals surface area contributed by atoms with E-state index in [-0.39, 0.29) is 12.4 Å². The average molecular weight is 424 g/mol. The normalized spacial score (nSPS) is 11.1. The van der Waals surface area contributed by atoms with E-state index in [4.69, 9.17) is 9.15 Å². The maximum absolute atomic E-state index is 13.0. The van der Waals surface area contributed by atoms with Crippen molar-refractivity contribution in [1.29, 1.82) is 0 Å². The Bertz CT molecular complexity index is 1170. The highest BCUT2D eigenvalue weighted by Gasteiger charge is 2.16. The zero-order chi connectivity index (χ0) is 21.3. The molecular weight excluding hydrogens is 401 g/mol. The van der Waals surface area contributed by atoms with E-state index in [1.807, 2.05) is 44.2 Å². The van der Waals surface area contributed by atoms with E-state index in [1.165, 1.54) is 12.1 Å². The molecule has 154 valence electrons. The first-order valence-corrected chi connectivity index (χ1v) is 10.0. The number of fused-ring (bicyclic) bond motifs is 1. The molecule has 30 heavy (non-hydrogen) atoms. The van der Waals surface area contributed by atoms with Crippen LogP contribution in [0.15, 0.2) is 65.1 Å². The van der Waals surface area contributed by atoms with Gasteiger partial charge in [0.15, 0.2) is 0 Å². The number of halogens is 1. The van der Waals surface area contributed by atoms with Crippen LogP contribution in [0.1, 0.15) is 11.1 Å². The zero-order valence-electron chi connectivity index (χ0n) is 16.7. The molecule has 4 rings (SSSR count). The van der Waals surface area contributed by atoms with Crippen LogP contribution in [0.2, 0.25) is 0 Å². The summed E-state index contributed by atoms with van der Waals surface area (Å²) >= 11 is 4.45. The number of hydrogen-bond donors (Lipinski definition) is 2. The predicted octanol–water partition coefficient (Wildman–Crippen LogP) is 6.29. The van der Waals surface area contributed by atoms with Crippen LogP contribution in [-0.4, -0.2) is 18.3 Å². The molecule has 1 aromatic heterocycles. The van der Waals surface area contributed by atoms with E-state index in [0.717, 1.165) is 39.1 Å². The molecule has 0 aliphatic rings. The quantitative estimate of drug-likeness (QED) is 0.358. The lowest BCUT2D eigenvalue weighted by Crippen LogP contribution is -2.16. The largest absolute Gasteiger partial charge is 0.457 e. The van der Waals surface area contributed by atoms with Gasteiger partial charge >= 0.3 is 0 Å². The molecule has 0 bridgehead atoms. The van der Waals surface area contributed by atoms with Crippen molar-refractivity contribution in [1.82, 2.24) is 0 Å². The van der Waals surface area contributed by atoms with Crippen LogP contribution in [0.4, 0.5) is 10.1 Å². The molecule has 0 aliphatic carbocycles. The van der Waals surface area contributed by atoms with Crippen LogP contribution in [0.5, 0.6) is 11.5 Å². The number of rotatable bonds is 6. The van der Waals surface area contributed by atoms with Gasteiger partial charge in [0.05, 0.1) is 18.8 Å². The summed E-state index contributed by atoms with van der Waals surface area (Å²) in [5.41, 5.74) is 4.73. The van der Waals surface area contributed by atoms with Crippen molar-refractivity contribution in [3.8, 4) is 22.8 Å². The molecule has 6 heteroatoms. The number of anilines is 1. The highest BCUT2D eigenvalue weighted by atomic mass is 32.1. The molecule has 0 fully saturated rings. The van der Waals surface area contributed by atoms with Crippen molar-refractivity contribution in [2.75, 3.05) is 17.5 Å². The van der Waals surface area contributed by atoms with Crippen LogP contribution in [0.25, 0.3) is 22.3 Å². The van der Waals surface area contributed by atoms with Gasteiger partial charge in [-0.2, -0.15) is 0 Å². The summed E-state index contributed by atoms with van der Waals surface area (Å²) < 4.78 is 26.7. The van der Waals surface area contributed by atoms with Crippen LogP contribution >= 0.6 is 12.8 Å². The van der Waals surface area contributed by atoms with E-state index >= 15 is 0 Å². The Kier molecular flexibility index (Phi) is 5.70. The van der Waals surface area contributed by atoms with E-state index in [0.29, 0.717) is 18.0 Å². The van der Waals surface area contributed by atoms with Gasteiger partial charge in [-0.15, -0.1) is 0 Å². The third-order valence-electron chi connectivity index (χ3n) is 5.01. The second-order valence-corrected chi connectivity index (χ2v) is 7.60. The third-order valence-corrected chi connectivity index (χ3v) is 5.43. The van der Waals surface area contributed by atoms with Crippen molar-refractivity contribution in [3.05, 3.63) is 77.6 Å². The number of aryl methyl sites for hydroxylation is 2. The van der Waals surface area contributed by atoms with Crippen molar-refractivity contribution in [2.45, 2.75) is 13.8 Å². The lowest BCUT2D eigenvalue weighted by Gasteiger charge is -2.18. The first-order valence-electron chi connectivity index (χ1n) is 9.61. The van der Waals surface area contributed by atoms with Crippen molar-refractivity contribution in [3.63, 3.8) is 0 Å². The molecule has 1 heterocycles. The summed E-state index contributed by atoms with van der Waals surface area (Å²) in [5, 5.41) is 10.2. The highest BCUT2D eigenvalue weighted by Crippen LogP contribution is 2.37. The SMILES string of the molecule is Cc1cc2c(C)c(-c3ccc(Oc4ccc(F)cc4)cc3)oc2cc1N(S)CCO. The van der Waals surface area contributed by atoms with Crippen LogP contribution in [0, 0.1) is 19.7 Å². The maximum Gasteiger partial charge on any atom is 0.138 e. The van der Waals surface area contributed by atoms with Crippen molar-refractivity contribution >= 4 is 29.5 Å². The molecule has 0 atom stereocenters. The van der Waals surface area contributed by atoms with E-state index in [2.05, 4.69) is 18.9 Å². The second-order valence-electron chi connectivity index (χ2n) is 7.12. The van der Waals surface area contributed by atoms with Gasteiger partial charge < -0.3 is 18.6 Å². The molecule has 0 aliphatic heterocycles. The minimum atomic E-state index is -0.297. The number of benzene rings is 3. The van der Waals surface area contributed by atoms with E-state index in [1.54, 1.807) is 16.4 Å². The Morgan fingerprint density at radius 1 is 1.00 bits per heavy atom. The molecule has 0 amide bonds. The topological polar surface area (TPSA) is 45.8 Å². The maximum atomic E-state index is 13.0. The molecule has 1 N–H and O–H groups in total. The van der Waals surface area contributed by atoms with Gasteiger partial charge in [0.25, 0.3) is 0 Å². The van der Waals surface area contributed by atoms with Gasteiger partial charge in [0.2, 0.25) is 0 Å². The number of nitrogens with zero attached hydrogens (tertiary/aromatic N) is 1. The van der Waals surface area contributed by atoms with Crippen molar-refractivity contribution < 1.29 is 18.7 Å². The Morgan fingerprint density at radius 3 is 2.27 bits per heavy atom. The van der Waals surface area contributed by atoms with Crippen molar-refractivity contribution in [2.24, 2.45) is 0 Å². The number of furan rings is 1. The van der Waals surface area contributed by atoms with Gasteiger partial charge in [-0.05, 0) is 74.0 Å². The number of thiol groups is 1. The molecular formula is C24H22FNO3S. The summed E-state index contributed by atoms with van der Waals surface area (Å²) in [4.78, 5) is 0. The summed E-state index contributed by atoms with van der Waals surface area (Å²) in [6.45, 7) is 4.51. The molecule has 0 saturated carbocycles. The van der Waals surface area contributed by atoms with Gasteiger partial charge in [-0.3, -0.25) is 0 Å². The van der Waals surface area contributed by atoms with Crippen LogP contribution in [-0.2, 0) is 0 Å². The number of hydrogen-bond acceptors (Lipinski definition) is 5. The van der Waals surface area contributed by atoms with Crippen LogP contribution < -0.4 is 9.04 Å². The van der Waals surface area contributed by atoms with E-state index < -0.39 is 0 Å². The second kappa shape index (κ2) is 8.42. The first-order chi connectivity index (χ1) is 14.5. The summed E-state index contributed by atoms with van der Waals surface area (Å²) in [6, 6.07) is 17.5. The summed E-state index contributed by atoms with van der Waals surface area (Å²) in [5.74, 6) is 1.73. The average Bonchev–Trinajstić information content (AvgIpc) is 3.05. The first kappa shape index (κ1) is 20.3. The highest BCUT2D eigenvalue weighted by molar-refractivity contribution is 7.81. The smallest absolute Gasteiger partial charge is 0.138 e.